The van der Waals surface area contributed by atoms with Crippen LogP contribution in [-0.2, 0) is 21.1 Å². The summed E-state index contributed by atoms with van der Waals surface area (Å²) in [5.41, 5.74) is 0. The summed E-state index contributed by atoms with van der Waals surface area (Å²) in [6.45, 7) is 11.7. The van der Waals surface area contributed by atoms with Gasteiger partial charge in [-0.05, 0) is 0 Å². The van der Waals surface area contributed by atoms with Gasteiger partial charge in [-0.1, -0.05) is 19.8 Å². The molecule has 0 aromatic heterocycles. The molecule has 0 amide bonds. The molecule has 0 fully saturated rings. The SMILES string of the molecule is [CH2-]C([CH2-])C(C)C.[W+2]. The summed E-state index contributed by atoms with van der Waals surface area (Å²) < 4.78 is 0. The zero-order chi connectivity index (χ0) is 5.15. The fourth-order valence-electron chi connectivity index (χ4n) is 0. The summed E-state index contributed by atoms with van der Waals surface area (Å²) in [6, 6.07) is 0. The number of hydrogen-bond acceptors (Lipinski definition) is 0. The van der Waals surface area contributed by atoms with E-state index >= 15 is 0 Å². The van der Waals surface area contributed by atoms with E-state index in [2.05, 4.69) is 27.7 Å². The van der Waals surface area contributed by atoms with Crippen LogP contribution >= 0.6 is 0 Å². The summed E-state index contributed by atoms with van der Waals surface area (Å²) in [7, 11) is 0. The van der Waals surface area contributed by atoms with Crippen LogP contribution in [0.3, 0.4) is 0 Å². The first kappa shape index (κ1) is 10.6. The Kier molecular flexibility index (Phi) is 7.35. The molecule has 7 heavy (non-hydrogen) atoms. The zero-order valence-corrected chi connectivity index (χ0v) is 7.91. The van der Waals surface area contributed by atoms with Gasteiger partial charge in [-0.15, -0.1) is 0 Å². The molecular weight excluding hydrogens is 256 g/mol. The third-order valence-corrected chi connectivity index (χ3v) is 0.943. The van der Waals surface area contributed by atoms with Gasteiger partial charge in [-0.2, -0.15) is 0 Å². The van der Waals surface area contributed by atoms with Crippen molar-refractivity contribution in [1.82, 2.24) is 0 Å². The van der Waals surface area contributed by atoms with E-state index in [0.29, 0.717) is 11.8 Å². The quantitative estimate of drug-likeness (QED) is 0.637. The van der Waals surface area contributed by atoms with Gasteiger partial charge in [-0.25, -0.2) is 0 Å². The number of rotatable bonds is 1. The van der Waals surface area contributed by atoms with Crippen molar-refractivity contribution in [3.05, 3.63) is 13.8 Å². The van der Waals surface area contributed by atoms with Crippen molar-refractivity contribution in [2.45, 2.75) is 13.8 Å². The minimum Gasteiger partial charge on any atom is -0.369 e. The molecule has 0 atom stereocenters. The molecule has 0 heterocycles. The predicted molar refractivity (Wildman–Crippen MR) is 29.0 cm³/mol. The van der Waals surface area contributed by atoms with E-state index in [1.807, 2.05) is 0 Å². The van der Waals surface area contributed by atoms with E-state index in [4.69, 9.17) is 0 Å². The van der Waals surface area contributed by atoms with E-state index in [-0.39, 0.29) is 21.1 Å². The topological polar surface area (TPSA) is 0 Å². The molecule has 0 spiro atoms. The average molecular weight is 268 g/mol. The molecule has 0 aliphatic heterocycles. The van der Waals surface area contributed by atoms with Gasteiger partial charge < -0.3 is 19.8 Å². The maximum absolute atomic E-state index is 3.73. The van der Waals surface area contributed by atoms with E-state index < -0.39 is 0 Å². The minimum atomic E-state index is 0. The number of hydrogen-bond donors (Lipinski definition) is 0. The predicted octanol–water partition coefficient (Wildman–Crippen LogP) is 1.92. The van der Waals surface area contributed by atoms with Gasteiger partial charge in [0.1, 0.15) is 0 Å². The average Bonchev–Trinajstić information content (AvgIpc) is 1.36. The molecule has 0 rings (SSSR count). The van der Waals surface area contributed by atoms with Gasteiger partial charge in [0.25, 0.3) is 0 Å². The van der Waals surface area contributed by atoms with E-state index in [9.17, 15) is 0 Å². The van der Waals surface area contributed by atoms with Gasteiger partial charge >= 0.3 is 21.1 Å². The second kappa shape index (κ2) is 4.84. The fraction of sp³-hybridized carbons (Fsp3) is 0.667. The van der Waals surface area contributed by atoms with Crippen LogP contribution in [-0.4, -0.2) is 0 Å². The van der Waals surface area contributed by atoms with Crippen molar-refractivity contribution in [1.29, 1.82) is 0 Å². The van der Waals surface area contributed by atoms with Crippen LogP contribution in [0, 0.1) is 25.7 Å². The van der Waals surface area contributed by atoms with E-state index in [1.165, 1.54) is 0 Å². The van der Waals surface area contributed by atoms with Crippen LogP contribution in [0.5, 0.6) is 0 Å². The Morgan fingerprint density at radius 2 is 1.29 bits per heavy atom. The molecule has 0 unspecified atom stereocenters. The second-order valence-corrected chi connectivity index (χ2v) is 2.00. The summed E-state index contributed by atoms with van der Waals surface area (Å²) in [5.74, 6) is 0.981. The summed E-state index contributed by atoms with van der Waals surface area (Å²) in [6.07, 6.45) is 0. The Balaban J connectivity index is 0. The molecule has 0 aliphatic carbocycles. The van der Waals surface area contributed by atoms with Crippen LogP contribution < -0.4 is 0 Å². The molecule has 0 aliphatic rings. The van der Waals surface area contributed by atoms with Gasteiger partial charge in [0.05, 0.1) is 0 Å². The van der Waals surface area contributed by atoms with Crippen LogP contribution in [0.25, 0.3) is 0 Å². The van der Waals surface area contributed by atoms with Crippen molar-refractivity contribution in [2.24, 2.45) is 11.8 Å². The van der Waals surface area contributed by atoms with Crippen LogP contribution in [0.4, 0.5) is 0 Å². The second-order valence-electron chi connectivity index (χ2n) is 2.00. The summed E-state index contributed by atoms with van der Waals surface area (Å²) in [5, 5.41) is 0. The molecule has 0 bridgehead atoms. The Labute approximate surface area is 61.0 Å². The van der Waals surface area contributed by atoms with Crippen LogP contribution in [0.1, 0.15) is 13.8 Å². The largest absolute Gasteiger partial charge is 2.00 e. The van der Waals surface area contributed by atoms with Crippen LogP contribution in [0.15, 0.2) is 0 Å². The van der Waals surface area contributed by atoms with Crippen molar-refractivity contribution in [2.75, 3.05) is 0 Å². The van der Waals surface area contributed by atoms with Crippen LogP contribution in [0.2, 0.25) is 0 Å². The van der Waals surface area contributed by atoms with Gasteiger partial charge in [0.2, 0.25) is 0 Å². The van der Waals surface area contributed by atoms with Crippen molar-refractivity contribution in [3.63, 3.8) is 0 Å². The molecule has 0 aromatic rings. The monoisotopic (exact) mass is 268 g/mol. The summed E-state index contributed by atoms with van der Waals surface area (Å²) >= 11 is 0. The third-order valence-electron chi connectivity index (χ3n) is 0.943. The Bertz CT molecular complexity index is 25.2. The maximum Gasteiger partial charge on any atom is 2.00 e. The van der Waals surface area contributed by atoms with Crippen molar-refractivity contribution >= 4 is 0 Å². The van der Waals surface area contributed by atoms with Crippen molar-refractivity contribution in [3.8, 4) is 0 Å². The van der Waals surface area contributed by atoms with Gasteiger partial charge in [-0.3, -0.25) is 0 Å². The minimum absolute atomic E-state index is 0. The Morgan fingerprint density at radius 3 is 1.29 bits per heavy atom. The molecule has 42 valence electrons. The molecule has 0 N–H and O–H groups in total. The molecule has 0 aromatic carbocycles. The molecule has 0 saturated carbocycles. The third kappa shape index (κ3) is 6.69. The van der Waals surface area contributed by atoms with Crippen molar-refractivity contribution < 1.29 is 21.1 Å². The van der Waals surface area contributed by atoms with E-state index in [1.54, 1.807) is 0 Å². The smallest absolute Gasteiger partial charge is 0.369 e. The Morgan fingerprint density at radius 1 is 1.14 bits per heavy atom. The first-order valence-electron chi connectivity index (χ1n) is 2.30. The molecule has 0 saturated heterocycles. The zero-order valence-electron chi connectivity index (χ0n) is 4.98. The molecule has 1 heteroatoms. The van der Waals surface area contributed by atoms with E-state index in [0.717, 1.165) is 0 Å². The normalized spacial score (nSPS) is 9.43. The standard InChI is InChI=1S/C6H12.W/c1-5(2)6(3)4;/h5-6H,1-2H2,3-4H3;/q-2;+2. The Hall–Kier alpha value is 0.688. The first-order valence-corrected chi connectivity index (χ1v) is 2.30. The van der Waals surface area contributed by atoms with Gasteiger partial charge in [0, 0.05) is 0 Å². The molecule has 0 radical (unpaired) electrons. The molecule has 0 nitrogen and oxygen atoms in total. The maximum atomic E-state index is 3.73. The molecular formula is C6H12W. The fourth-order valence-corrected chi connectivity index (χ4v) is 0. The summed E-state index contributed by atoms with van der Waals surface area (Å²) in [4.78, 5) is 0. The first-order chi connectivity index (χ1) is 2.64. The van der Waals surface area contributed by atoms with Gasteiger partial charge in [0.15, 0.2) is 0 Å².